The molecule has 18 heavy (non-hydrogen) atoms. The van der Waals surface area contributed by atoms with E-state index in [2.05, 4.69) is 10.2 Å². The molecule has 0 saturated heterocycles. The number of carbonyl (C=O) groups is 1. The van der Waals surface area contributed by atoms with E-state index in [1.54, 1.807) is 13.2 Å². The van der Waals surface area contributed by atoms with Gasteiger partial charge in [-0.25, -0.2) is 0 Å². The molecule has 98 valence electrons. The second kappa shape index (κ2) is 5.37. The van der Waals surface area contributed by atoms with Gasteiger partial charge in [-0.2, -0.15) is 0 Å². The van der Waals surface area contributed by atoms with Gasteiger partial charge >= 0.3 is 0 Å². The van der Waals surface area contributed by atoms with Crippen molar-refractivity contribution in [3.05, 3.63) is 23.8 Å². The van der Waals surface area contributed by atoms with Crippen LogP contribution in [0.5, 0.6) is 0 Å². The van der Waals surface area contributed by atoms with Crippen LogP contribution >= 0.6 is 0 Å². The molecule has 0 bridgehead atoms. The quantitative estimate of drug-likeness (QED) is 0.769. The Labute approximate surface area is 106 Å². The van der Waals surface area contributed by atoms with Crippen molar-refractivity contribution in [3.63, 3.8) is 0 Å². The number of benzene rings is 1. The number of methoxy groups -OCH3 is 1. The lowest BCUT2D eigenvalue weighted by molar-refractivity contribution is -0.123. The highest BCUT2D eigenvalue weighted by atomic mass is 16.5. The summed E-state index contributed by atoms with van der Waals surface area (Å²) in [5.41, 5.74) is 2.36. The topological polar surface area (TPSA) is 61.8 Å². The Morgan fingerprint density at radius 2 is 2.28 bits per heavy atom. The number of nitrogens with zero attached hydrogens (tertiary/aromatic N) is 1. The van der Waals surface area contributed by atoms with Gasteiger partial charge in [0.2, 0.25) is 0 Å². The van der Waals surface area contributed by atoms with Crippen LogP contribution in [0.15, 0.2) is 18.2 Å². The van der Waals surface area contributed by atoms with Crippen LogP contribution in [0.2, 0.25) is 0 Å². The maximum atomic E-state index is 11.3. The molecular weight excluding hydrogens is 232 g/mol. The van der Waals surface area contributed by atoms with Crippen molar-refractivity contribution in [2.75, 3.05) is 37.5 Å². The summed E-state index contributed by atoms with van der Waals surface area (Å²) in [4.78, 5) is 13.4. The largest absolute Gasteiger partial charge is 0.385 e. The van der Waals surface area contributed by atoms with E-state index in [1.807, 2.05) is 19.2 Å². The predicted molar refractivity (Wildman–Crippen MR) is 69.8 cm³/mol. The molecule has 0 fully saturated rings. The minimum Gasteiger partial charge on any atom is -0.385 e. The fraction of sp³-hybridized carbons (Fsp3) is 0.462. The van der Waals surface area contributed by atoms with Crippen LogP contribution in [0.3, 0.4) is 0 Å². The van der Waals surface area contributed by atoms with Crippen LogP contribution in [-0.2, 0) is 9.53 Å². The summed E-state index contributed by atoms with van der Waals surface area (Å²) in [6.07, 6.45) is -0.0909. The van der Waals surface area contributed by atoms with Gasteiger partial charge in [-0.15, -0.1) is 0 Å². The Hall–Kier alpha value is -1.59. The second-order valence-electron chi connectivity index (χ2n) is 4.43. The van der Waals surface area contributed by atoms with Crippen LogP contribution in [0.1, 0.15) is 18.1 Å². The van der Waals surface area contributed by atoms with E-state index in [-0.39, 0.29) is 5.91 Å². The third kappa shape index (κ3) is 2.47. The monoisotopic (exact) mass is 250 g/mol. The molecule has 1 aromatic rings. The lowest BCUT2D eigenvalue weighted by atomic mass is 10.1. The van der Waals surface area contributed by atoms with E-state index in [0.717, 1.165) is 25.3 Å². The maximum absolute atomic E-state index is 11.3. The molecule has 0 aromatic heterocycles. The van der Waals surface area contributed by atoms with Crippen LogP contribution < -0.4 is 10.2 Å². The highest BCUT2D eigenvalue weighted by molar-refractivity contribution is 6.02. The van der Waals surface area contributed by atoms with Crippen molar-refractivity contribution in [1.29, 1.82) is 0 Å². The first-order chi connectivity index (χ1) is 8.63. The second-order valence-corrected chi connectivity index (χ2v) is 4.43. The lowest BCUT2D eigenvalue weighted by Crippen LogP contribution is -2.19. The SMILES string of the molecule is COCCCN(C)c1ccc2c(c1)NC(=O)C2O. The molecule has 0 spiro atoms. The molecule has 5 heteroatoms. The fourth-order valence-electron chi connectivity index (χ4n) is 2.05. The first-order valence-electron chi connectivity index (χ1n) is 5.96. The number of nitrogens with one attached hydrogen (secondary N) is 1. The molecule has 1 unspecified atom stereocenters. The zero-order valence-corrected chi connectivity index (χ0v) is 10.6. The van der Waals surface area contributed by atoms with Gasteiger partial charge in [0.15, 0.2) is 6.10 Å². The van der Waals surface area contributed by atoms with E-state index in [9.17, 15) is 9.90 Å². The Balaban J connectivity index is 2.08. The first-order valence-corrected chi connectivity index (χ1v) is 5.96. The zero-order valence-electron chi connectivity index (χ0n) is 10.6. The van der Waals surface area contributed by atoms with Gasteiger partial charge in [0.1, 0.15) is 0 Å². The molecule has 1 amide bonds. The summed E-state index contributed by atoms with van der Waals surface area (Å²) in [6.45, 7) is 1.61. The molecule has 0 aliphatic carbocycles. The molecule has 0 radical (unpaired) electrons. The van der Waals surface area contributed by atoms with Crippen molar-refractivity contribution >= 4 is 17.3 Å². The highest BCUT2D eigenvalue weighted by Gasteiger charge is 2.28. The van der Waals surface area contributed by atoms with Gasteiger partial charge in [-0.1, -0.05) is 6.07 Å². The van der Waals surface area contributed by atoms with Crippen LogP contribution in [0.25, 0.3) is 0 Å². The zero-order chi connectivity index (χ0) is 13.1. The Bertz CT molecular complexity index is 448. The van der Waals surface area contributed by atoms with Gasteiger partial charge in [0.25, 0.3) is 5.91 Å². The predicted octanol–water partition coefficient (Wildman–Crippen LogP) is 1.14. The number of rotatable bonds is 5. The van der Waals surface area contributed by atoms with Gasteiger partial charge in [-0.05, 0) is 18.6 Å². The number of ether oxygens (including phenoxy) is 1. The smallest absolute Gasteiger partial charge is 0.257 e. The van der Waals surface area contributed by atoms with Gasteiger partial charge < -0.3 is 20.1 Å². The normalized spacial score (nSPS) is 17.5. The van der Waals surface area contributed by atoms with Crippen molar-refractivity contribution in [2.24, 2.45) is 0 Å². The lowest BCUT2D eigenvalue weighted by Gasteiger charge is -2.19. The third-order valence-electron chi connectivity index (χ3n) is 3.12. The number of aliphatic hydroxyl groups is 1. The molecule has 1 aliphatic heterocycles. The summed E-state index contributed by atoms with van der Waals surface area (Å²) >= 11 is 0. The van der Waals surface area contributed by atoms with Gasteiger partial charge in [-0.3, -0.25) is 4.79 Å². The number of fused-ring (bicyclic) bond motifs is 1. The molecule has 2 N–H and O–H groups in total. The molecular formula is C13H18N2O3. The standard InChI is InChI=1S/C13H18N2O3/c1-15(6-3-7-18-2)9-4-5-10-11(8-9)14-13(17)12(10)16/h4-5,8,12,16H,3,6-7H2,1-2H3,(H,14,17). The van der Waals surface area contributed by atoms with E-state index < -0.39 is 6.10 Å². The number of anilines is 2. The van der Waals surface area contributed by atoms with Crippen molar-refractivity contribution in [2.45, 2.75) is 12.5 Å². The van der Waals surface area contributed by atoms with Crippen LogP contribution in [0, 0.1) is 0 Å². The van der Waals surface area contributed by atoms with Gasteiger partial charge in [0, 0.05) is 44.2 Å². The summed E-state index contributed by atoms with van der Waals surface area (Å²) in [5, 5.41) is 12.3. The van der Waals surface area contributed by atoms with E-state index >= 15 is 0 Å². The molecule has 1 aliphatic rings. The van der Waals surface area contributed by atoms with E-state index in [4.69, 9.17) is 4.74 Å². The summed E-state index contributed by atoms with van der Waals surface area (Å²) in [6, 6.07) is 5.59. The van der Waals surface area contributed by atoms with E-state index in [0.29, 0.717) is 11.3 Å². The summed E-state index contributed by atoms with van der Waals surface area (Å²) in [7, 11) is 3.68. The Morgan fingerprint density at radius 1 is 1.50 bits per heavy atom. The molecule has 0 saturated carbocycles. The van der Waals surface area contributed by atoms with Crippen molar-refractivity contribution in [1.82, 2.24) is 0 Å². The molecule has 1 atom stereocenters. The number of hydrogen-bond donors (Lipinski definition) is 2. The summed E-state index contributed by atoms with van der Waals surface area (Å²) < 4.78 is 5.01. The molecule has 1 aromatic carbocycles. The molecule has 2 rings (SSSR count). The maximum Gasteiger partial charge on any atom is 0.257 e. The van der Waals surface area contributed by atoms with Crippen molar-refractivity contribution in [3.8, 4) is 0 Å². The average molecular weight is 250 g/mol. The minimum absolute atomic E-state index is 0.357. The highest BCUT2D eigenvalue weighted by Crippen LogP contribution is 2.33. The molecule has 5 nitrogen and oxygen atoms in total. The average Bonchev–Trinajstić information content (AvgIpc) is 2.65. The number of amides is 1. The van der Waals surface area contributed by atoms with E-state index in [1.165, 1.54) is 0 Å². The Morgan fingerprint density at radius 3 is 3.00 bits per heavy atom. The van der Waals surface area contributed by atoms with Crippen LogP contribution in [-0.4, -0.2) is 38.3 Å². The Kier molecular flexibility index (Phi) is 3.84. The third-order valence-corrected chi connectivity index (χ3v) is 3.12. The number of aliphatic hydroxyl groups excluding tert-OH is 1. The number of hydrogen-bond acceptors (Lipinski definition) is 4. The molecule has 1 heterocycles. The number of carbonyl (C=O) groups excluding carboxylic acids is 1. The van der Waals surface area contributed by atoms with Crippen LogP contribution in [0.4, 0.5) is 11.4 Å². The minimum atomic E-state index is -1.03. The van der Waals surface area contributed by atoms with Gasteiger partial charge in [0.05, 0.1) is 0 Å². The van der Waals surface area contributed by atoms with Crippen molar-refractivity contribution < 1.29 is 14.6 Å². The fourth-order valence-corrected chi connectivity index (χ4v) is 2.05. The first kappa shape index (κ1) is 12.9. The summed E-state index contributed by atoms with van der Waals surface area (Å²) in [5.74, 6) is -0.357.